The zero-order valence-electron chi connectivity index (χ0n) is 8.24. The van der Waals surface area contributed by atoms with Crippen LogP contribution in [0.1, 0.15) is 19.3 Å². The predicted octanol–water partition coefficient (Wildman–Crippen LogP) is 0.647. The SMILES string of the molecule is C#CC1CC(=O)N(C2CCOCC2)C1. The smallest absolute Gasteiger partial charge is 0.224 e. The molecule has 2 fully saturated rings. The molecule has 0 aliphatic carbocycles. The van der Waals surface area contributed by atoms with Gasteiger partial charge < -0.3 is 9.64 Å². The Morgan fingerprint density at radius 1 is 1.43 bits per heavy atom. The average Bonchev–Trinajstić information content (AvgIpc) is 2.61. The Hall–Kier alpha value is -1.01. The van der Waals surface area contributed by atoms with Crippen molar-refractivity contribution in [1.82, 2.24) is 4.90 Å². The third-order valence-corrected chi connectivity index (χ3v) is 3.03. The van der Waals surface area contributed by atoms with Crippen LogP contribution in [0.25, 0.3) is 0 Å². The van der Waals surface area contributed by atoms with Crippen molar-refractivity contribution in [3.8, 4) is 12.3 Å². The summed E-state index contributed by atoms with van der Waals surface area (Å²) in [5, 5.41) is 0. The van der Waals surface area contributed by atoms with Crippen LogP contribution in [0.5, 0.6) is 0 Å². The molecule has 2 rings (SSSR count). The number of nitrogens with zero attached hydrogens (tertiary/aromatic N) is 1. The molecule has 3 nitrogen and oxygen atoms in total. The molecule has 2 aliphatic rings. The highest BCUT2D eigenvalue weighted by atomic mass is 16.5. The lowest BCUT2D eigenvalue weighted by Crippen LogP contribution is -2.40. The summed E-state index contributed by atoms with van der Waals surface area (Å²) in [5.41, 5.74) is 0. The lowest BCUT2D eigenvalue weighted by Gasteiger charge is -2.31. The Morgan fingerprint density at radius 2 is 2.14 bits per heavy atom. The molecule has 76 valence electrons. The average molecular weight is 193 g/mol. The van der Waals surface area contributed by atoms with Gasteiger partial charge in [0.1, 0.15) is 0 Å². The lowest BCUT2D eigenvalue weighted by molar-refractivity contribution is -0.131. The molecule has 0 aromatic carbocycles. The summed E-state index contributed by atoms with van der Waals surface area (Å²) >= 11 is 0. The second-order valence-corrected chi connectivity index (χ2v) is 3.96. The van der Waals surface area contributed by atoms with Crippen molar-refractivity contribution in [3.05, 3.63) is 0 Å². The van der Waals surface area contributed by atoms with Crippen molar-refractivity contribution in [2.45, 2.75) is 25.3 Å². The molecule has 14 heavy (non-hydrogen) atoms. The fourth-order valence-corrected chi connectivity index (χ4v) is 2.19. The number of hydrogen-bond donors (Lipinski definition) is 0. The van der Waals surface area contributed by atoms with Crippen molar-refractivity contribution >= 4 is 5.91 Å². The minimum absolute atomic E-state index is 0.130. The fourth-order valence-electron chi connectivity index (χ4n) is 2.19. The first-order valence-corrected chi connectivity index (χ1v) is 5.14. The van der Waals surface area contributed by atoms with Gasteiger partial charge in [-0.2, -0.15) is 0 Å². The van der Waals surface area contributed by atoms with Crippen LogP contribution >= 0.6 is 0 Å². The van der Waals surface area contributed by atoms with E-state index in [-0.39, 0.29) is 11.8 Å². The maximum atomic E-state index is 11.6. The molecule has 1 amide bonds. The van der Waals surface area contributed by atoms with Crippen LogP contribution in [0.3, 0.4) is 0 Å². The maximum absolute atomic E-state index is 11.6. The van der Waals surface area contributed by atoms with Gasteiger partial charge >= 0.3 is 0 Å². The molecule has 0 N–H and O–H groups in total. The minimum Gasteiger partial charge on any atom is -0.381 e. The van der Waals surface area contributed by atoms with Crippen LogP contribution in [-0.4, -0.2) is 36.6 Å². The molecule has 0 bridgehead atoms. The van der Waals surface area contributed by atoms with E-state index in [1.807, 2.05) is 4.90 Å². The van der Waals surface area contributed by atoms with Crippen molar-refractivity contribution in [1.29, 1.82) is 0 Å². The van der Waals surface area contributed by atoms with Gasteiger partial charge in [0.05, 0.1) is 0 Å². The number of carbonyl (C=O) groups is 1. The lowest BCUT2D eigenvalue weighted by atomic mass is 10.1. The summed E-state index contributed by atoms with van der Waals surface area (Å²) in [5.74, 6) is 3.02. The Balaban J connectivity index is 1.97. The van der Waals surface area contributed by atoms with Gasteiger partial charge in [0.25, 0.3) is 0 Å². The van der Waals surface area contributed by atoms with Crippen LogP contribution in [0.2, 0.25) is 0 Å². The Labute approximate surface area is 84.4 Å². The summed E-state index contributed by atoms with van der Waals surface area (Å²) in [6, 6.07) is 0.370. The zero-order chi connectivity index (χ0) is 9.97. The number of amides is 1. The van der Waals surface area contributed by atoms with Gasteiger partial charge in [-0.25, -0.2) is 0 Å². The Morgan fingerprint density at radius 3 is 2.71 bits per heavy atom. The quantitative estimate of drug-likeness (QED) is 0.572. The van der Waals surface area contributed by atoms with Gasteiger partial charge in [0.15, 0.2) is 0 Å². The number of terminal acetylenes is 1. The summed E-state index contributed by atoms with van der Waals surface area (Å²) < 4.78 is 5.27. The van der Waals surface area contributed by atoms with E-state index in [1.165, 1.54) is 0 Å². The molecule has 1 unspecified atom stereocenters. The summed E-state index contributed by atoms with van der Waals surface area (Å²) in [6.07, 6.45) is 7.79. The fraction of sp³-hybridized carbons (Fsp3) is 0.727. The number of ether oxygens (including phenoxy) is 1. The molecule has 1 atom stereocenters. The molecule has 3 heteroatoms. The normalized spacial score (nSPS) is 29.2. The standard InChI is InChI=1S/C11H15NO2/c1-2-9-7-11(13)12(8-9)10-3-5-14-6-4-10/h1,9-10H,3-8H2. The number of carbonyl (C=O) groups excluding carboxylic acids is 1. The van der Waals surface area contributed by atoms with E-state index in [9.17, 15) is 4.79 Å². The van der Waals surface area contributed by atoms with Crippen LogP contribution in [0, 0.1) is 18.3 Å². The van der Waals surface area contributed by atoms with Crippen molar-refractivity contribution in [2.24, 2.45) is 5.92 Å². The highest BCUT2D eigenvalue weighted by Gasteiger charge is 2.33. The van der Waals surface area contributed by atoms with E-state index in [0.29, 0.717) is 12.5 Å². The minimum atomic E-state index is 0.130. The predicted molar refractivity (Wildman–Crippen MR) is 52.5 cm³/mol. The summed E-state index contributed by atoms with van der Waals surface area (Å²) in [7, 11) is 0. The number of hydrogen-bond acceptors (Lipinski definition) is 2. The highest BCUT2D eigenvalue weighted by Crippen LogP contribution is 2.24. The van der Waals surface area contributed by atoms with Crippen molar-refractivity contribution in [2.75, 3.05) is 19.8 Å². The van der Waals surface area contributed by atoms with Gasteiger partial charge in [-0.05, 0) is 12.8 Å². The molecule has 2 saturated heterocycles. The molecule has 0 saturated carbocycles. The molecule has 2 heterocycles. The summed E-state index contributed by atoms with van der Waals surface area (Å²) in [6.45, 7) is 2.30. The van der Waals surface area contributed by atoms with E-state index >= 15 is 0 Å². The third kappa shape index (κ3) is 1.76. The van der Waals surface area contributed by atoms with Gasteiger partial charge in [-0.1, -0.05) is 0 Å². The maximum Gasteiger partial charge on any atom is 0.224 e. The molecular weight excluding hydrogens is 178 g/mol. The largest absolute Gasteiger partial charge is 0.381 e. The third-order valence-electron chi connectivity index (χ3n) is 3.03. The summed E-state index contributed by atoms with van der Waals surface area (Å²) in [4.78, 5) is 13.6. The first-order chi connectivity index (χ1) is 6.81. The molecule has 0 radical (unpaired) electrons. The van der Waals surface area contributed by atoms with Crippen LogP contribution < -0.4 is 0 Å². The molecular formula is C11H15NO2. The van der Waals surface area contributed by atoms with Gasteiger partial charge in [0.2, 0.25) is 5.91 Å². The second kappa shape index (κ2) is 4.02. The highest BCUT2D eigenvalue weighted by molar-refractivity contribution is 5.79. The number of rotatable bonds is 1. The van der Waals surface area contributed by atoms with Crippen LogP contribution in [0.4, 0.5) is 0 Å². The van der Waals surface area contributed by atoms with Gasteiger partial charge in [0, 0.05) is 38.1 Å². The van der Waals surface area contributed by atoms with Crippen molar-refractivity contribution in [3.63, 3.8) is 0 Å². The molecule has 0 aromatic heterocycles. The van der Waals surface area contributed by atoms with Crippen molar-refractivity contribution < 1.29 is 9.53 Å². The Bertz CT molecular complexity index is 263. The van der Waals surface area contributed by atoms with E-state index in [0.717, 1.165) is 32.6 Å². The zero-order valence-corrected chi connectivity index (χ0v) is 8.24. The first-order valence-electron chi connectivity index (χ1n) is 5.14. The molecule has 2 aliphatic heterocycles. The van der Waals surface area contributed by atoms with E-state index in [1.54, 1.807) is 0 Å². The molecule has 0 aromatic rings. The van der Waals surface area contributed by atoms with E-state index in [4.69, 9.17) is 11.2 Å². The van der Waals surface area contributed by atoms with Crippen LogP contribution in [-0.2, 0) is 9.53 Å². The second-order valence-electron chi connectivity index (χ2n) is 3.96. The Kier molecular flexibility index (Phi) is 2.74. The topological polar surface area (TPSA) is 29.5 Å². The van der Waals surface area contributed by atoms with E-state index < -0.39 is 0 Å². The first kappa shape index (κ1) is 9.54. The molecule has 0 spiro atoms. The number of likely N-dealkylation sites (tertiary alicyclic amines) is 1. The van der Waals surface area contributed by atoms with Gasteiger partial charge in [-0.15, -0.1) is 12.3 Å². The van der Waals surface area contributed by atoms with Gasteiger partial charge in [-0.3, -0.25) is 4.79 Å². The van der Waals surface area contributed by atoms with E-state index in [2.05, 4.69) is 5.92 Å². The van der Waals surface area contributed by atoms with Crippen LogP contribution in [0.15, 0.2) is 0 Å². The monoisotopic (exact) mass is 193 g/mol.